The topological polar surface area (TPSA) is 108 Å². The Labute approximate surface area is 109 Å². The van der Waals surface area contributed by atoms with Crippen molar-refractivity contribution >= 4 is 11.9 Å². The van der Waals surface area contributed by atoms with Crippen LogP contribution >= 0.6 is 0 Å². The maximum atomic E-state index is 10.9. The molecule has 0 saturated carbocycles. The molecule has 0 fully saturated rings. The van der Waals surface area contributed by atoms with Crippen molar-refractivity contribution in [2.24, 2.45) is 0 Å². The molecule has 0 radical (unpaired) electrons. The maximum Gasteiger partial charge on any atom is 0.325 e. The summed E-state index contributed by atoms with van der Waals surface area (Å²) in [6.07, 6.45) is 0. The van der Waals surface area contributed by atoms with Crippen molar-refractivity contribution in [3.8, 4) is 5.95 Å². The second-order valence-corrected chi connectivity index (χ2v) is 3.79. The third-order valence-corrected chi connectivity index (χ3v) is 2.29. The van der Waals surface area contributed by atoms with Gasteiger partial charge in [0.15, 0.2) is 0 Å². The third-order valence-electron chi connectivity index (χ3n) is 2.29. The number of aryl methyl sites for hydroxylation is 2. The van der Waals surface area contributed by atoms with Crippen LogP contribution in [0.25, 0.3) is 5.95 Å². The summed E-state index contributed by atoms with van der Waals surface area (Å²) < 4.78 is 6.01. The average Bonchev–Trinajstić information content (AvgIpc) is 2.75. The van der Waals surface area contributed by atoms with Crippen molar-refractivity contribution in [1.82, 2.24) is 30.2 Å². The van der Waals surface area contributed by atoms with Gasteiger partial charge in [-0.05, 0) is 19.9 Å². The first-order chi connectivity index (χ1) is 9.10. The monoisotopic (exact) mass is 263 g/mol. The van der Waals surface area contributed by atoms with E-state index in [-0.39, 0.29) is 18.4 Å². The van der Waals surface area contributed by atoms with Gasteiger partial charge in [0.1, 0.15) is 6.54 Å². The number of nitrogens with one attached hydrogen (secondary N) is 1. The predicted molar refractivity (Wildman–Crippen MR) is 64.7 cm³/mol. The second kappa shape index (κ2) is 5.38. The van der Waals surface area contributed by atoms with Gasteiger partial charge < -0.3 is 10.1 Å². The Morgan fingerprint density at radius 1 is 1.32 bits per heavy atom. The van der Waals surface area contributed by atoms with Crippen LogP contribution in [0.3, 0.4) is 0 Å². The zero-order valence-corrected chi connectivity index (χ0v) is 10.8. The van der Waals surface area contributed by atoms with Crippen molar-refractivity contribution in [3.63, 3.8) is 0 Å². The van der Waals surface area contributed by atoms with E-state index in [0.717, 1.165) is 11.4 Å². The number of nitrogens with zero attached hydrogens (tertiary/aromatic N) is 6. The first kappa shape index (κ1) is 12.9. The number of ether oxygens (including phenoxy) is 1. The lowest BCUT2D eigenvalue weighted by Crippen LogP contribution is -2.18. The molecule has 2 aromatic heterocycles. The van der Waals surface area contributed by atoms with Gasteiger partial charge in [0.05, 0.1) is 12.8 Å². The second-order valence-electron chi connectivity index (χ2n) is 3.79. The van der Waals surface area contributed by atoms with E-state index in [1.807, 2.05) is 19.9 Å². The van der Waals surface area contributed by atoms with E-state index in [4.69, 9.17) is 0 Å². The van der Waals surface area contributed by atoms with E-state index in [2.05, 4.69) is 35.5 Å². The molecular weight excluding hydrogens is 250 g/mol. The van der Waals surface area contributed by atoms with Crippen LogP contribution in [0.15, 0.2) is 6.07 Å². The summed E-state index contributed by atoms with van der Waals surface area (Å²) in [6.45, 7) is 3.71. The Bertz CT molecular complexity index is 578. The number of carbonyl (C=O) groups excluding carboxylic acids is 1. The SMILES string of the molecule is COC(=O)CNc1nnc(-n2nc(C)cc2C)nn1. The standard InChI is InChI=1S/C10H13N7O2/c1-6-4-7(2)17(16-6)10-14-12-9(13-15-10)11-5-8(18)19-3/h4H,5H2,1-3H3,(H,11,12,13). The van der Waals surface area contributed by atoms with Crippen LogP contribution in [0.5, 0.6) is 0 Å². The minimum atomic E-state index is -0.425. The van der Waals surface area contributed by atoms with Gasteiger partial charge in [-0.3, -0.25) is 4.79 Å². The van der Waals surface area contributed by atoms with Crippen LogP contribution in [0, 0.1) is 13.8 Å². The molecule has 0 bridgehead atoms. The average molecular weight is 263 g/mol. The highest BCUT2D eigenvalue weighted by Crippen LogP contribution is 2.06. The summed E-state index contributed by atoms with van der Waals surface area (Å²) in [5.74, 6) is -0.00359. The quantitative estimate of drug-likeness (QED) is 0.746. The van der Waals surface area contributed by atoms with E-state index in [0.29, 0.717) is 0 Å². The molecule has 19 heavy (non-hydrogen) atoms. The summed E-state index contributed by atoms with van der Waals surface area (Å²) in [7, 11) is 1.30. The molecule has 0 saturated heterocycles. The summed E-state index contributed by atoms with van der Waals surface area (Å²) in [4.78, 5) is 10.9. The van der Waals surface area contributed by atoms with Gasteiger partial charge in [0.25, 0.3) is 11.9 Å². The van der Waals surface area contributed by atoms with Crippen molar-refractivity contribution in [2.75, 3.05) is 19.0 Å². The first-order valence-electron chi connectivity index (χ1n) is 5.52. The zero-order chi connectivity index (χ0) is 13.8. The van der Waals surface area contributed by atoms with Gasteiger partial charge in [-0.25, -0.2) is 4.68 Å². The minimum absolute atomic E-state index is 0.0425. The van der Waals surface area contributed by atoms with Crippen molar-refractivity contribution in [3.05, 3.63) is 17.5 Å². The van der Waals surface area contributed by atoms with Crippen molar-refractivity contribution < 1.29 is 9.53 Å². The van der Waals surface area contributed by atoms with Gasteiger partial charge >= 0.3 is 5.97 Å². The van der Waals surface area contributed by atoms with E-state index < -0.39 is 5.97 Å². The number of esters is 1. The van der Waals surface area contributed by atoms with Crippen molar-refractivity contribution in [1.29, 1.82) is 0 Å². The fraction of sp³-hybridized carbons (Fsp3) is 0.400. The molecule has 2 rings (SSSR count). The normalized spacial score (nSPS) is 10.3. The molecular formula is C10H13N7O2. The molecule has 0 amide bonds. The number of rotatable bonds is 4. The molecule has 0 atom stereocenters. The lowest BCUT2D eigenvalue weighted by atomic mass is 10.4. The lowest BCUT2D eigenvalue weighted by molar-refractivity contribution is -0.138. The molecule has 100 valence electrons. The molecule has 1 N–H and O–H groups in total. The zero-order valence-electron chi connectivity index (χ0n) is 10.8. The Hall–Kier alpha value is -2.58. The predicted octanol–water partition coefficient (Wildman–Crippen LogP) is -0.346. The summed E-state index contributed by atoms with van der Waals surface area (Å²) >= 11 is 0. The Morgan fingerprint density at radius 2 is 2.00 bits per heavy atom. The molecule has 0 aliphatic rings. The molecule has 0 aliphatic heterocycles. The highest BCUT2D eigenvalue weighted by molar-refractivity contribution is 5.73. The van der Waals surface area contributed by atoms with Crippen LogP contribution in [0.2, 0.25) is 0 Å². The number of hydrogen-bond acceptors (Lipinski definition) is 8. The molecule has 0 unspecified atom stereocenters. The molecule has 0 spiro atoms. The summed E-state index contributed by atoms with van der Waals surface area (Å²) in [6, 6.07) is 1.90. The first-order valence-corrected chi connectivity index (χ1v) is 5.52. The highest BCUT2D eigenvalue weighted by atomic mass is 16.5. The summed E-state index contributed by atoms with van der Waals surface area (Å²) in [5.41, 5.74) is 1.74. The van der Waals surface area contributed by atoms with Crippen LogP contribution in [-0.2, 0) is 9.53 Å². The van der Waals surface area contributed by atoms with Crippen LogP contribution in [0.1, 0.15) is 11.4 Å². The van der Waals surface area contributed by atoms with Crippen molar-refractivity contribution in [2.45, 2.75) is 13.8 Å². The molecule has 0 aliphatic carbocycles. The number of anilines is 1. The van der Waals surface area contributed by atoms with E-state index >= 15 is 0 Å². The lowest BCUT2D eigenvalue weighted by Gasteiger charge is -2.03. The summed E-state index contributed by atoms with van der Waals surface area (Å²) in [5, 5.41) is 22.3. The van der Waals surface area contributed by atoms with E-state index in [1.54, 1.807) is 4.68 Å². The van der Waals surface area contributed by atoms with Gasteiger partial charge in [-0.2, -0.15) is 5.10 Å². The number of carbonyl (C=O) groups is 1. The van der Waals surface area contributed by atoms with Gasteiger partial charge in [0, 0.05) is 5.69 Å². The van der Waals surface area contributed by atoms with Gasteiger partial charge in [-0.15, -0.1) is 20.4 Å². The minimum Gasteiger partial charge on any atom is -0.468 e. The highest BCUT2D eigenvalue weighted by Gasteiger charge is 2.09. The number of hydrogen-bond donors (Lipinski definition) is 1. The van der Waals surface area contributed by atoms with Crippen LogP contribution in [-0.4, -0.2) is 49.8 Å². The van der Waals surface area contributed by atoms with Gasteiger partial charge in [0.2, 0.25) is 0 Å². The van der Waals surface area contributed by atoms with Gasteiger partial charge in [-0.1, -0.05) is 0 Å². The van der Waals surface area contributed by atoms with E-state index in [9.17, 15) is 4.79 Å². The Kier molecular flexibility index (Phi) is 3.64. The molecule has 2 heterocycles. The molecule has 9 nitrogen and oxygen atoms in total. The number of methoxy groups -OCH3 is 1. The van der Waals surface area contributed by atoms with Crippen LogP contribution in [0.4, 0.5) is 5.95 Å². The molecule has 0 aromatic carbocycles. The number of aromatic nitrogens is 6. The van der Waals surface area contributed by atoms with E-state index in [1.165, 1.54) is 7.11 Å². The van der Waals surface area contributed by atoms with Crippen LogP contribution < -0.4 is 5.32 Å². The maximum absolute atomic E-state index is 10.9. The molecule has 9 heteroatoms. The Balaban J connectivity index is 2.10. The molecule has 2 aromatic rings. The fourth-order valence-corrected chi connectivity index (χ4v) is 1.43. The third kappa shape index (κ3) is 3.00. The largest absolute Gasteiger partial charge is 0.468 e. The Morgan fingerprint density at radius 3 is 2.53 bits per heavy atom. The fourth-order valence-electron chi connectivity index (χ4n) is 1.43. The smallest absolute Gasteiger partial charge is 0.325 e.